The molecule has 0 aliphatic carbocycles. The summed E-state index contributed by atoms with van der Waals surface area (Å²) in [5, 5.41) is 0. The number of aromatic nitrogens is 3. The van der Waals surface area contributed by atoms with Crippen LogP contribution in [-0.2, 0) is 0 Å². The van der Waals surface area contributed by atoms with Crippen molar-refractivity contribution in [3.63, 3.8) is 0 Å². The summed E-state index contributed by atoms with van der Waals surface area (Å²) in [7, 11) is 0. The average Bonchev–Trinajstić information content (AvgIpc) is 2.55. The molecule has 2 aromatic rings. The van der Waals surface area contributed by atoms with Crippen LogP contribution in [0.25, 0.3) is 0 Å². The van der Waals surface area contributed by atoms with Crippen molar-refractivity contribution in [3.05, 3.63) is 48.4 Å². The number of hydrogen-bond acceptors (Lipinski definition) is 5. The highest BCUT2D eigenvalue weighted by atomic mass is 19.1. The number of anilines is 1. The maximum absolute atomic E-state index is 13.1. The molecule has 0 N–H and O–H groups in total. The Balaban J connectivity index is 1.64. The van der Waals surface area contributed by atoms with Crippen LogP contribution in [0.3, 0.4) is 0 Å². The molecule has 1 fully saturated rings. The van der Waals surface area contributed by atoms with E-state index in [1.165, 1.54) is 12.3 Å². The van der Waals surface area contributed by atoms with E-state index in [0.717, 1.165) is 11.9 Å². The number of piperazine rings is 1. The van der Waals surface area contributed by atoms with Gasteiger partial charge in [0.05, 0.1) is 6.20 Å². The second kappa shape index (κ2) is 5.82. The van der Waals surface area contributed by atoms with Crippen molar-refractivity contribution in [2.24, 2.45) is 0 Å². The molecule has 7 heteroatoms. The maximum atomic E-state index is 13.1. The number of carbonyl (C=O) groups excluding carboxylic acids is 1. The summed E-state index contributed by atoms with van der Waals surface area (Å²) < 4.78 is 13.1. The van der Waals surface area contributed by atoms with E-state index in [0.29, 0.717) is 31.7 Å². The van der Waals surface area contributed by atoms with Gasteiger partial charge in [-0.1, -0.05) is 0 Å². The fraction of sp³-hybridized carbons (Fsp3) is 0.286. The lowest BCUT2D eigenvalue weighted by atomic mass is 10.2. The smallest absolute Gasteiger partial charge is 0.254 e. The van der Waals surface area contributed by atoms with Crippen molar-refractivity contribution in [2.45, 2.75) is 0 Å². The Morgan fingerprint density at radius 2 is 1.90 bits per heavy atom. The number of halogens is 1. The Labute approximate surface area is 121 Å². The fourth-order valence-corrected chi connectivity index (χ4v) is 2.31. The molecule has 0 atom stereocenters. The van der Waals surface area contributed by atoms with Crippen LogP contribution < -0.4 is 4.90 Å². The molecule has 0 radical (unpaired) electrons. The number of hydrogen-bond donors (Lipinski definition) is 0. The molecule has 0 unspecified atom stereocenters. The molecular formula is C14H14FN5O. The van der Waals surface area contributed by atoms with Crippen molar-refractivity contribution < 1.29 is 9.18 Å². The third kappa shape index (κ3) is 2.96. The summed E-state index contributed by atoms with van der Waals surface area (Å²) in [4.78, 5) is 27.8. The van der Waals surface area contributed by atoms with Gasteiger partial charge < -0.3 is 9.80 Å². The summed E-state index contributed by atoms with van der Waals surface area (Å²) in [6.45, 7) is 2.49. The minimum atomic E-state index is -0.640. The van der Waals surface area contributed by atoms with Gasteiger partial charge in [0.2, 0.25) is 5.95 Å². The topological polar surface area (TPSA) is 62.2 Å². The number of nitrogens with zero attached hydrogens (tertiary/aromatic N) is 5. The van der Waals surface area contributed by atoms with E-state index >= 15 is 0 Å². The molecule has 0 spiro atoms. The summed E-state index contributed by atoms with van der Waals surface area (Å²) in [6.07, 6.45) is 6.28. The average molecular weight is 287 g/mol. The van der Waals surface area contributed by atoms with Crippen LogP contribution in [0.1, 0.15) is 10.4 Å². The van der Waals surface area contributed by atoms with Crippen LogP contribution in [-0.4, -0.2) is 51.9 Å². The normalized spacial score (nSPS) is 15.1. The first-order chi connectivity index (χ1) is 10.2. The van der Waals surface area contributed by atoms with Crippen LogP contribution in [0.15, 0.2) is 36.9 Å². The molecule has 3 heterocycles. The largest absolute Gasteiger partial charge is 0.352 e. The first-order valence-electron chi connectivity index (χ1n) is 6.66. The van der Waals surface area contributed by atoms with Crippen LogP contribution in [0.5, 0.6) is 0 Å². The van der Waals surface area contributed by atoms with Gasteiger partial charge in [0.1, 0.15) is 5.82 Å². The second-order valence-corrected chi connectivity index (χ2v) is 4.71. The zero-order valence-corrected chi connectivity index (χ0v) is 11.3. The van der Waals surface area contributed by atoms with E-state index < -0.39 is 5.95 Å². The predicted molar refractivity (Wildman–Crippen MR) is 74.3 cm³/mol. The quantitative estimate of drug-likeness (QED) is 0.770. The zero-order chi connectivity index (χ0) is 14.7. The molecule has 0 bridgehead atoms. The molecule has 1 aliphatic rings. The van der Waals surface area contributed by atoms with Gasteiger partial charge in [-0.05, 0) is 6.07 Å². The van der Waals surface area contributed by atoms with Crippen molar-refractivity contribution in [3.8, 4) is 0 Å². The number of pyridine rings is 1. The molecule has 0 saturated carbocycles. The zero-order valence-electron chi connectivity index (χ0n) is 11.3. The van der Waals surface area contributed by atoms with Crippen molar-refractivity contribution in [1.29, 1.82) is 0 Å². The molecule has 3 rings (SSSR count). The lowest BCUT2D eigenvalue weighted by molar-refractivity contribution is 0.0746. The predicted octanol–water partition coefficient (Wildman–Crippen LogP) is 0.973. The molecule has 1 aliphatic heterocycles. The van der Waals surface area contributed by atoms with Crippen LogP contribution in [0, 0.1) is 5.95 Å². The van der Waals surface area contributed by atoms with Gasteiger partial charge in [0.15, 0.2) is 0 Å². The van der Waals surface area contributed by atoms with Gasteiger partial charge in [-0.25, -0.2) is 9.97 Å². The van der Waals surface area contributed by atoms with E-state index in [9.17, 15) is 9.18 Å². The molecular weight excluding hydrogens is 273 g/mol. The van der Waals surface area contributed by atoms with Gasteiger partial charge in [-0.2, -0.15) is 4.39 Å². The standard InChI is InChI=1S/C14H14FN5O/c15-12-9-11(1-2-17-12)14(21)20-7-5-19(6-8-20)13-10-16-3-4-18-13/h1-4,9-10H,5-8H2. The second-order valence-electron chi connectivity index (χ2n) is 4.71. The highest BCUT2D eigenvalue weighted by Gasteiger charge is 2.23. The molecule has 2 aromatic heterocycles. The highest BCUT2D eigenvalue weighted by molar-refractivity contribution is 5.94. The molecule has 0 aromatic carbocycles. The van der Waals surface area contributed by atoms with E-state index in [-0.39, 0.29) is 5.91 Å². The highest BCUT2D eigenvalue weighted by Crippen LogP contribution is 2.13. The first-order valence-corrected chi connectivity index (χ1v) is 6.66. The van der Waals surface area contributed by atoms with E-state index in [2.05, 4.69) is 19.9 Å². The Kier molecular flexibility index (Phi) is 3.72. The summed E-state index contributed by atoms with van der Waals surface area (Å²) in [5.41, 5.74) is 0.329. The number of carbonyl (C=O) groups is 1. The summed E-state index contributed by atoms with van der Waals surface area (Å²) in [5.74, 6) is -0.00584. The van der Waals surface area contributed by atoms with Gasteiger partial charge in [-0.3, -0.25) is 9.78 Å². The molecule has 1 saturated heterocycles. The number of amides is 1. The maximum Gasteiger partial charge on any atom is 0.254 e. The monoisotopic (exact) mass is 287 g/mol. The van der Waals surface area contributed by atoms with Gasteiger partial charge in [-0.15, -0.1) is 0 Å². The van der Waals surface area contributed by atoms with Gasteiger partial charge >= 0.3 is 0 Å². The summed E-state index contributed by atoms with van der Waals surface area (Å²) in [6, 6.07) is 2.69. The molecule has 21 heavy (non-hydrogen) atoms. The van der Waals surface area contributed by atoms with Gasteiger partial charge in [0, 0.05) is 56.4 Å². The Hall–Kier alpha value is -2.57. The van der Waals surface area contributed by atoms with E-state index in [1.54, 1.807) is 23.5 Å². The summed E-state index contributed by atoms with van der Waals surface area (Å²) >= 11 is 0. The Morgan fingerprint density at radius 3 is 2.57 bits per heavy atom. The van der Waals surface area contributed by atoms with E-state index in [1.807, 2.05) is 0 Å². The fourth-order valence-electron chi connectivity index (χ4n) is 2.31. The Bertz CT molecular complexity index is 628. The van der Waals surface area contributed by atoms with Crippen molar-refractivity contribution >= 4 is 11.7 Å². The van der Waals surface area contributed by atoms with Crippen molar-refractivity contribution in [2.75, 3.05) is 31.1 Å². The molecule has 1 amide bonds. The van der Waals surface area contributed by atoms with Crippen LogP contribution in [0.2, 0.25) is 0 Å². The van der Waals surface area contributed by atoms with Crippen LogP contribution in [0.4, 0.5) is 10.2 Å². The lowest BCUT2D eigenvalue weighted by Gasteiger charge is -2.35. The first kappa shape index (κ1) is 13.4. The van der Waals surface area contributed by atoms with Crippen molar-refractivity contribution in [1.82, 2.24) is 19.9 Å². The van der Waals surface area contributed by atoms with Gasteiger partial charge in [0.25, 0.3) is 5.91 Å². The minimum absolute atomic E-state index is 0.171. The third-order valence-corrected chi connectivity index (χ3v) is 3.41. The minimum Gasteiger partial charge on any atom is -0.352 e. The Morgan fingerprint density at radius 1 is 1.10 bits per heavy atom. The molecule has 108 valence electrons. The lowest BCUT2D eigenvalue weighted by Crippen LogP contribution is -2.49. The van der Waals surface area contributed by atoms with E-state index in [4.69, 9.17) is 0 Å². The SMILES string of the molecule is O=C(c1ccnc(F)c1)N1CCN(c2cnccn2)CC1. The third-order valence-electron chi connectivity index (χ3n) is 3.41. The van der Waals surface area contributed by atoms with Crippen LogP contribution >= 0.6 is 0 Å². The number of rotatable bonds is 2. The molecule has 6 nitrogen and oxygen atoms in total.